The van der Waals surface area contributed by atoms with Crippen molar-refractivity contribution in [3.05, 3.63) is 77.0 Å². The molecule has 28 heavy (non-hydrogen) atoms. The van der Waals surface area contributed by atoms with Crippen molar-refractivity contribution in [2.24, 2.45) is 0 Å². The van der Waals surface area contributed by atoms with Crippen molar-refractivity contribution in [1.29, 1.82) is 0 Å². The highest BCUT2D eigenvalue weighted by molar-refractivity contribution is 5.97. The van der Waals surface area contributed by atoms with Gasteiger partial charge in [0, 0.05) is 35.6 Å². The Balaban J connectivity index is 1.80. The van der Waals surface area contributed by atoms with Gasteiger partial charge in [0.05, 0.1) is 0 Å². The van der Waals surface area contributed by atoms with Crippen molar-refractivity contribution in [2.75, 3.05) is 5.32 Å². The number of ketones is 1. The van der Waals surface area contributed by atoms with E-state index in [4.69, 9.17) is 0 Å². The lowest BCUT2D eigenvalue weighted by molar-refractivity contribution is -0.116. The summed E-state index contributed by atoms with van der Waals surface area (Å²) in [5, 5.41) is 2.97. The number of anilines is 1. The van der Waals surface area contributed by atoms with Crippen molar-refractivity contribution in [1.82, 2.24) is 4.57 Å². The minimum Gasteiger partial charge on any atom is -0.344 e. The number of carbonyl (C=O) groups excluding carboxylic acids is 2. The van der Waals surface area contributed by atoms with E-state index >= 15 is 0 Å². The number of aromatic nitrogens is 1. The molecular formula is C24H26N2O2. The fourth-order valence-electron chi connectivity index (χ4n) is 3.39. The van der Waals surface area contributed by atoms with Crippen LogP contribution in [0.25, 0.3) is 11.3 Å². The van der Waals surface area contributed by atoms with Crippen LogP contribution in [0.3, 0.4) is 0 Å². The van der Waals surface area contributed by atoms with Gasteiger partial charge in [0.25, 0.3) is 0 Å². The van der Waals surface area contributed by atoms with Gasteiger partial charge in [-0.2, -0.15) is 0 Å². The number of rotatable bonds is 6. The first-order valence-corrected chi connectivity index (χ1v) is 9.50. The second-order valence-corrected chi connectivity index (χ2v) is 7.20. The fourth-order valence-corrected chi connectivity index (χ4v) is 3.39. The van der Waals surface area contributed by atoms with Gasteiger partial charge in [-0.25, -0.2) is 0 Å². The molecule has 0 unspecified atom stereocenters. The van der Waals surface area contributed by atoms with Crippen LogP contribution in [0.5, 0.6) is 0 Å². The topological polar surface area (TPSA) is 51.1 Å². The number of benzene rings is 2. The summed E-state index contributed by atoms with van der Waals surface area (Å²) in [4.78, 5) is 24.5. The molecule has 1 amide bonds. The van der Waals surface area contributed by atoms with Crippen LogP contribution in [0.4, 0.5) is 5.69 Å². The third-order valence-electron chi connectivity index (χ3n) is 5.17. The Morgan fingerprint density at radius 3 is 2.29 bits per heavy atom. The van der Waals surface area contributed by atoms with Crippen LogP contribution in [0.1, 0.15) is 40.5 Å². The van der Waals surface area contributed by atoms with Crippen LogP contribution in [-0.2, 0) is 11.3 Å². The molecule has 0 aliphatic rings. The van der Waals surface area contributed by atoms with Gasteiger partial charge in [-0.1, -0.05) is 36.4 Å². The predicted octanol–water partition coefficient (Wildman–Crippen LogP) is 5.31. The van der Waals surface area contributed by atoms with E-state index in [9.17, 15) is 9.59 Å². The average molecular weight is 374 g/mol. The number of nitrogens with zero attached hydrogens (tertiary/aromatic N) is 1. The molecule has 0 bridgehead atoms. The van der Waals surface area contributed by atoms with E-state index < -0.39 is 0 Å². The molecule has 1 N–H and O–H groups in total. The molecule has 3 rings (SSSR count). The van der Waals surface area contributed by atoms with Crippen molar-refractivity contribution in [2.45, 2.75) is 40.7 Å². The molecule has 2 aromatic carbocycles. The Bertz CT molecular complexity index is 1020. The number of hydrogen-bond acceptors (Lipinski definition) is 2. The zero-order valence-electron chi connectivity index (χ0n) is 16.9. The van der Waals surface area contributed by atoms with E-state index in [1.54, 1.807) is 6.92 Å². The molecule has 144 valence electrons. The van der Waals surface area contributed by atoms with Crippen LogP contribution in [0.15, 0.2) is 54.6 Å². The highest BCUT2D eigenvalue weighted by Crippen LogP contribution is 2.26. The van der Waals surface area contributed by atoms with Gasteiger partial charge in [0.1, 0.15) is 0 Å². The van der Waals surface area contributed by atoms with Gasteiger partial charge in [-0.15, -0.1) is 0 Å². The fraction of sp³-hybridized carbons (Fsp3) is 0.250. The minimum atomic E-state index is -0.0419. The summed E-state index contributed by atoms with van der Waals surface area (Å²) >= 11 is 0. The minimum absolute atomic E-state index is 0.0352. The van der Waals surface area contributed by atoms with Crippen molar-refractivity contribution in [3.63, 3.8) is 0 Å². The summed E-state index contributed by atoms with van der Waals surface area (Å²) < 4.78 is 2.06. The lowest BCUT2D eigenvalue weighted by Crippen LogP contribution is -2.15. The Morgan fingerprint density at radius 1 is 0.929 bits per heavy atom. The summed E-state index contributed by atoms with van der Waals surface area (Å²) in [5.41, 5.74) is 6.75. The monoisotopic (exact) mass is 374 g/mol. The summed E-state index contributed by atoms with van der Waals surface area (Å²) in [6.07, 6.45) is 0.333. The first-order chi connectivity index (χ1) is 13.4. The number of amides is 1. The molecule has 0 radical (unpaired) electrons. The summed E-state index contributed by atoms with van der Waals surface area (Å²) in [5.74, 6) is -0.00671. The van der Waals surface area contributed by atoms with E-state index in [0.717, 1.165) is 28.2 Å². The standard InChI is InChI=1S/C24H26N2O2/c1-16-10-11-21(14-17(16)2)25-24(28)12-13-26-18(3)22(19(4)27)15-23(26)20-8-6-5-7-9-20/h5-11,14-15H,12-13H2,1-4H3,(H,25,28). The SMILES string of the molecule is CC(=O)c1cc(-c2ccccc2)n(CCC(=O)Nc2ccc(C)c(C)c2)c1C. The van der Waals surface area contributed by atoms with Gasteiger partial charge >= 0.3 is 0 Å². The van der Waals surface area contributed by atoms with Crippen LogP contribution >= 0.6 is 0 Å². The molecule has 0 aliphatic heterocycles. The van der Waals surface area contributed by atoms with Gasteiger partial charge in [0.2, 0.25) is 5.91 Å². The highest BCUT2D eigenvalue weighted by atomic mass is 16.1. The summed E-state index contributed by atoms with van der Waals surface area (Å²) in [6.45, 7) is 8.11. The lowest BCUT2D eigenvalue weighted by atomic mass is 10.1. The molecule has 0 spiro atoms. The second-order valence-electron chi connectivity index (χ2n) is 7.20. The Kier molecular flexibility index (Phi) is 5.78. The average Bonchev–Trinajstić information content (AvgIpc) is 3.00. The lowest BCUT2D eigenvalue weighted by Gasteiger charge is -2.13. The quantitative estimate of drug-likeness (QED) is 0.594. The van der Waals surface area contributed by atoms with Gasteiger partial charge in [0.15, 0.2) is 5.78 Å². The smallest absolute Gasteiger partial charge is 0.226 e. The van der Waals surface area contributed by atoms with E-state index in [0.29, 0.717) is 18.5 Å². The number of aryl methyl sites for hydroxylation is 2. The van der Waals surface area contributed by atoms with Crippen molar-refractivity contribution in [3.8, 4) is 11.3 Å². The first kappa shape index (κ1) is 19.6. The number of nitrogens with one attached hydrogen (secondary N) is 1. The molecule has 0 aliphatic carbocycles. The first-order valence-electron chi connectivity index (χ1n) is 9.50. The number of hydrogen-bond donors (Lipinski definition) is 1. The summed E-state index contributed by atoms with van der Waals surface area (Å²) in [6, 6.07) is 17.8. The molecular weight excluding hydrogens is 348 g/mol. The zero-order chi connectivity index (χ0) is 20.3. The van der Waals surface area contributed by atoms with Crippen LogP contribution in [0.2, 0.25) is 0 Å². The molecule has 1 aromatic heterocycles. The molecule has 0 saturated carbocycles. The molecule has 0 atom stereocenters. The van der Waals surface area contributed by atoms with Crippen LogP contribution in [0, 0.1) is 20.8 Å². The third kappa shape index (κ3) is 4.22. The molecule has 0 fully saturated rings. The van der Waals surface area contributed by atoms with Crippen molar-refractivity contribution >= 4 is 17.4 Å². The molecule has 3 aromatic rings. The summed E-state index contributed by atoms with van der Waals surface area (Å²) in [7, 11) is 0. The number of carbonyl (C=O) groups is 2. The van der Waals surface area contributed by atoms with E-state index in [1.165, 1.54) is 5.56 Å². The van der Waals surface area contributed by atoms with Gasteiger partial charge in [-0.05, 0) is 62.6 Å². The van der Waals surface area contributed by atoms with E-state index in [-0.39, 0.29) is 11.7 Å². The molecule has 0 saturated heterocycles. The maximum absolute atomic E-state index is 12.5. The van der Waals surface area contributed by atoms with Crippen LogP contribution in [-0.4, -0.2) is 16.3 Å². The molecule has 4 heteroatoms. The van der Waals surface area contributed by atoms with Gasteiger partial charge < -0.3 is 9.88 Å². The molecule has 4 nitrogen and oxygen atoms in total. The van der Waals surface area contributed by atoms with Crippen LogP contribution < -0.4 is 5.32 Å². The largest absolute Gasteiger partial charge is 0.344 e. The Hall–Kier alpha value is -3.14. The zero-order valence-corrected chi connectivity index (χ0v) is 16.9. The Morgan fingerprint density at radius 2 is 1.64 bits per heavy atom. The van der Waals surface area contributed by atoms with E-state index in [2.05, 4.69) is 9.88 Å². The third-order valence-corrected chi connectivity index (χ3v) is 5.17. The normalized spacial score (nSPS) is 10.7. The second kappa shape index (κ2) is 8.26. The Labute approximate surface area is 166 Å². The number of Topliss-reactive ketones (excluding diaryl/α,β-unsaturated/α-hetero) is 1. The highest BCUT2D eigenvalue weighted by Gasteiger charge is 2.16. The van der Waals surface area contributed by atoms with Crippen molar-refractivity contribution < 1.29 is 9.59 Å². The maximum atomic E-state index is 12.5. The molecule has 1 heterocycles. The van der Waals surface area contributed by atoms with Gasteiger partial charge in [-0.3, -0.25) is 9.59 Å². The predicted molar refractivity (Wildman–Crippen MR) is 114 cm³/mol. The maximum Gasteiger partial charge on any atom is 0.226 e. The van der Waals surface area contributed by atoms with E-state index in [1.807, 2.05) is 75.4 Å².